The number of benzene rings is 1. The van der Waals surface area contributed by atoms with Gasteiger partial charge in [-0.2, -0.15) is 0 Å². The van der Waals surface area contributed by atoms with Gasteiger partial charge in [-0.15, -0.1) is 11.8 Å². The maximum atomic E-state index is 9.47. The Morgan fingerprint density at radius 2 is 2.26 bits per heavy atom. The smallest absolute Gasteiger partial charge is 0.329 e. The van der Waals surface area contributed by atoms with E-state index in [1.165, 1.54) is 12.8 Å². The highest BCUT2D eigenvalue weighted by atomic mass is 32.2. The van der Waals surface area contributed by atoms with Gasteiger partial charge in [0, 0.05) is 7.11 Å². The Balaban J connectivity index is 0.000000258. The highest BCUT2D eigenvalue weighted by molar-refractivity contribution is 7.98. The third kappa shape index (κ3) is 5.40. The van der Waals surface area contributed by atoms with Crippen LogP contribution in [-0.4, -0.2) is 50.1 Å². The van der Waals surface area contributed by atoms with Gasteiger partial charge in [0.05, 0.1) is 18.1 Å². The van der Waals surface area contributed by atoms with E-state index in [-0.39, 0.29) is 6.61 Å². The summed E-state index contributed by atoms with van der Waals surface area (Å²) >= 11 is 1.84. The third-order valence-electron chi connectivity index (χ3n) is 2.38. The summed E-state index contributed by atoms with van der Waals surface area (Å²) in [5, 5.41) is 7.79. The number of fused-ring (bicyclic) bond motifs is 1. The van der Waals surface area contributed by atoms with Gasteiger partial charge in [0.1, 0.15) is 19.0 Å². The van der Waals surface area contributed by atoms with E-state index in [1.807, 2.05) is 23.9 Å². The normalized spacial score (nSPS) is 12.8. The Labute approximate surface area is 117 Å². The lowest BCUT2D eigenvalue weighted by Gasteiger charge is -2.30. The SMILES string of the molecule is COCC(=O)O.CSCN1CCOc2ccccc21. The van der Waals surface area contributed by atoms with Crippen molar-refractivity contribution in [3.05, 3.63) is 24.3 Å². The molecule has 1 heterocycles. The fraction of sp³-hybridized carbons (Fsp3) is 0.462. The first kappa shape index (κ1) is 15.7. The molecule has 0 bridgehead atoms. The summed E-state index contributed by atoms with van der Waals surface area (Å²) in [4.78, 5) is 11.8. The van der Waals surface area contributed by atoms with Crippen LogP contribution >= 0.6 is 11.8 Å². The molecular formula is C13H19NO4S. The van der Waals surface area contributed by atoms with Crippen LogP contribution in [0.4, 0.5) is 5.69 Å². The predicted octanol–water partition coefficient (Wildman–Crippen LogP) is 1.92. The number of ether oxygens (including phenoxy) is 2. The highest BCUT2D eigenvalue weighted by Gasteiger charge is 2.15. The molecule has 0 atom stereocenters. The summed E-state index contributed by atoms with van der Waals surface area (Å²) in [6.45, 7) is 1.59. The van der Waals surface area contributed by atoms with Crippen molar-refractivity contribution in [3.63, 3.8) is 0 Å². The molecular weight excluding hydrogens is 266 g/mol. The molecule has 0 aliphatic carbocycles. The monoisotopic (exact) mass is 285 g/mol. The Morgan fingerprint density at radius 3 is 2.84 bits per heavy atom. The summed E-state index contributed by atoms with van der Waals surface area (Å²) in [6.07, 6.45) is 2.12. The van der Waals surface area contributed by atoms with Gasteiger partial charge < -0.3 is 19.5 Å². The lowest BCUT2D eigenvalue weighted by Crippen LogP contribution is -2.32. The second kappa shape index (κ2) is 8.66. The van der Waals surface area contributed by atoms with E-state index in [0.717, 1.165) is 24.8 Å². The number of carboxylic acid groups (broad SMARTS) is 1. The predicted molar refractivity (Wildman–Crippen MR) is 77.2 cm³/mol. The van der Waals surface area contributed by atoms with Crippen LogP contribution in [0.25, 0.3) is 0 Å². The number of rotatable bonds is 4. The van der Waals surface area contributed by atoms with Gasteiger partial charge in [0.15, 0.2) is 0 Å². The number of hydrogen-bond acceptors (Lipinski definition) is 5. The minimum atomic E-state index is -0.933. The van der Waals surface area contributed by atoms with Crippen molar-refractivity contribution < 1.29 is 19.4 Å². The zero-order chi connectivity index (χ0) is 14.1. The topological polar surface area (TPSA) is 59.0 Å². The van der Waals surface area contributed by atoms with Crippen molar-refractivity contribution in [1.82, 2.24) is 0 Å². The summed E-state index contributed by atoms with van der Waals surface area (Å²) < 4.78 is 9.75. The van der Waals surface area contributed by atoms with Crippen LogP contribution in [0.3, 0.4) is 0 Å². The minimum absolute atomic E-state index is 0.208. The number of methoxy groups -OCH3 is 1. The number of nitrogens with zero attached hydrogens (tertiary/aromatic N) is 1. The average molecular weight is 285 g/mol. The Bertz CT molecular complexity index is 400. The standard InChI is InChI=1S/C10H13NOS.C3H6O3/c1-13-8-11-6-7-12-10-5-3-2-4-9(10)11;1-6-2-3(4)5/h2-5H,6-8H2,1H3;2H2,1H3,(H,4,5). The Kier molecular flexibility index (Phi) is 7.14. The van der Waals surface area contributed by atoms with E-state index < -0.39 is 5.97 Å². The lowest BCUT2D eigenvalue weighted by atomic mass is 10.2. The molecule has 1 aliphatic heterocycles. The van der Waals surface area contributed by atoms with Crippen molar-refractivity contribution in [3.8, 4) is 5.75 Å². The van der Waals surface area contributed by atoms with E-state index in [0.29, 0.717) is 0 Å². The molecule has 19 heavy (non-hydrogen) atoms. The maximum Gasteiger partial charge on any atom is 0.329 e. The Hall–Kier alpha value is -1.40. The number of anilines is 1. The third-order valence-corrected chi connectivity index (χ3v) is 2.95. The molecule has 1 aromatic rings. The largest absolute Gasteiger partial charge is 0.490 e. The van der Waals surface area contributed by atoms with Crippen LogP contribution in [0.1, 0.15) is 0 Å². The van der Waals surface area contributed by atoms with Gasteiger partial charge in [-0.1, -0.05) is 12.1 Å². The van der Waals surface area contributed by atoms with E-state index in [1.54, 1.807) is 0 Å². The minimum Gasteiger partial charge on any atom is -0.490 e. The molecule has 0 spiro atoms. The van der Waals surface area contributed by atoms with E-state index in [2.05, 4.69) is 28.0 Å². The molecule has 0 aromatic heterocycles. The molecule has 106 valence electrons. The number of para-hydroxylation sites is 2. The number of carboxylic acids is 1. The molecule has 6 heteroatoms. The van der Waals surface area contributed by atoms with Crippen LogP contribution in [0.2, 0.25) is 0 Å². The fourth-order valence-electron chi connectivity index (χ4n) is 1.64. The average Bonchev–Trinajstić information content (AvgIpc) is 2.40. The fourth-order valence-corrected chi connectivity index (χ4v) is 2.22. The summed E-state index contributed by atoms with van der Waals surface area (Å²) in [6, 6.07) is 8.22. The van der Waals surface area contributed by atoms with Crippen LogP contribution in [0.5, 0.6) is 5.75 Å². The molecule has 0 fully saturated rings. The molecule has 0 unspecified atom stereocenters. The van der Waals surface area contributed by atoms with Crippen molar-refractivity contribution in [2.45, 2.75) is 0 Å². The maximum absolute atomic E-state index is 9.47. The molecule has 0 saturated carbocycles. The van der Waals surface area contributed by atoms with Crippen molar-refractivity contribution in [2.75, 3.05) is 43.9 Å². The summed E-state index contributed by atoms with van der Waals surface area (Å²) in [5.74, 6) is 1.13. The van der Waals surface area contributed by atoms with Crippen LogP contribution in [-0.2, 0) is 9.53 Å². The molecule has 1 aliphatic rings. The molecule has 1 aromatic carbocycles. The first-order valence-electron chi connectivity index (χ1n) is 5.85. The number of aliphatic carboxylic acids is 1. The molecule has 0 radical (unpaired) electrons. The van der Waals surface area contributed by atoms with Gasteiger partial charge in [-0.3, -0.25) is 0 Å². The van der Waals surface area contributed by atoms with Crippen molar-refractivity contribution in [2.24, 2.45) is 0 Å². The summed E-state index contributed by atoms with van der Waals surface area (Å²) in [7, 11) is 1.34. The van der Waals surface area contributed by atoms with Gasteiger partial charge in [0.25, 0.3) is 0 Å². The van der Waals surface area contributed by atoms with E-state index in [4.69, 9.17) is 9.84 Å². The number of carbonyl (C=O) groups is 1. The van der Waals surface area contributed by atoms with Gasteiger partial charge >= 0.3 is 5.97 Å². The number of hydrogen-bond donors (Lipinski definition) is 1. The summed E-state index contributed by atoms with van der Waals surface area (Å²) in [5.41, 5.74) is 1.23. The first-order valence-corrected chi connectivity index (χ1v) is 7.25. The molecule has 5 nitrogen and oxygen atoms in total. The Morgan fingerprint density at radius 1 is 1.53 bits per heavy atom. The zero-order valence-corrected chi connectivity index (χ0v) is 12.0. The van der Waals surface area contributed by atoms with E-state index >= 15 is 0 Å². The van der Waals surface area contributed by atoms with Gasteiger partial charge in [0.2, 0.25) is 0 Å². The second-order valence-electron chi connectivity index (χ2n) is 3.82. The van der Waals surface area contributed by atoms with Crippen LogP contribution in [0.15, 0.2) is 24.3 Å². The van der Waals surface area contributed by atoms with Crippen LogP contribution in [0, 0.1) is 0 Å². The lowest BCUT2D eigenvalue weighted by molar-refractivity contribution is -0.141. The highest BCUT2D eigenvalue weighted by Crippen LogP contribution is 2.31. The molecule has 0 amide bonds. The second-order valence-corrected chi connectivity index (χ2v) is 4.66. The zero-order valence-electron chi connectivity index (χ0n) is 11.2. The molecule has 0 saturated heterocycles. The van der Waals surface area contributed by atoms with Crippen molar-refractivity contribution >= 4 is 23.4 Å². The number of thioether (sulfide) groups is 1. The van der Waals surface area contributed by atoms with Crippen molar-refractivity contribution in [1.29, 1.82) is 0 Å². The molecule has 2 rings (SSSR count). The quantitative estimate of drug-likeness (QED) is 0.912. The molecule has 1 N–H and O–H groups in total. The first-order chi connectivity index (χ1) is 9.19. The van der Waals surface area contributed by atoms with E-state index in [9.17, 15) is 4.79 Å². The van der Waals surface area contributed by atoms with Crippen LogP contribution < -0.4 is 9.64 Å². The van der Waals surface area contributed by atoms with Gasteiger partial charge in [-0.05, 0) is 18.4 Å². The van der Waals surface area contributed by atoms with Gasteiger partial charge in [-0.25, -0.2) is 4.79 Å².